The molecule has 0 N–H and O–H groups in total. The lowest BCUT2D eigenvalue weighted by Crippen LogP contribution is -2.31. The van der Waals surface area contributed by atoms with Gasteiger partial charge in [-0.05, 0) is 36.8 Å². The average molecular weight is 464 g/mol. The van der Waals surface area contributed by atoms with Gasteiger partial charge in [-0.25, -0.2) is 4.39 Å². The van der Waals surface area contributed by atoms with Gasteiger partial charge in [0.15, 0.2) is 0 Å². The van der Waals surface area contributed by atoms with Gasteiger partial charge in [0.25, 0.3) is 5.91 Å². The Hall–Kier alpha value is -2.48. The molecule has 4 rings (SSSR count). The Morgan fingerprint density at radius 1 is 1.20 bits per heavy atom. The van der Waals surface area contributed by atoms with Crippen molar-refractivity contribution in [3.63, 3.8) is 0 Å². The third kappa shape index (κ3) is 4.05. The second-order valence-corrected chi connectivity index (χ2v) is 8.43. The van der Waals surface area contributed by atoms with Gasteiger partial charge in [-0.2, -0.15) is 0 Å². The van der Waals surface area contributed by atoms with E-state index >= 15 is 0 Å². The molecule has 0 bridgehead atoms. The zero-order valence-corrected chi connectivity index (χ0v) is 18.2. The van der Waals surface area contributed by atoms with E-state index in [2.05, 4.69) is 10.2 Å². The van der Waals surface area contributed by atoms with Gasteiger partial charge in [-0.3, -0.25) is 4.79 Å². The first-order chi connectivity index (χ1) is 14.5. The Bertz CT molecular complexity index is 1220. The van der Waals surface area contributed by atoms with Gasteiger partial charge < -0.3 is 9.32 Å². The van der Waals surface area contributed by atoms with Gasteiger partial charge in [0.2, 0.25) is 11.8 Å². The topological polar surface area (TPSA) is 59.2 Å². The number of halogens is 3. The first kappa shape index (κ1) is 20.8. The van der Waals surface area contributed by atoms with E-state index in [4.69, 9.17) is 27.6 Å². The summed E-state index contributed by atoms with van der Waals surface area (Å²) in [5, 5.41) is 9.59. The maximum atomic E-state index is 13.5. The van der Waals surface area contributed by atoms with Crippen molar-refractivity contribution < 1.29 is 13.6 Å². The third-order valence-electron chi connectivity index (χ3n) is 4.46. The quantitative estimate of drug-likeness (QED) is 0.329. The molecule has 5 nitrogen and oxygen atoms in total. The van der Waals surface area contributed by atoms with Crippen LogP contribution in [0.1, 0.15) is 28.9 Å². The van der Waals surface area contributed by atoms with Crippen LogP contribution < -0.4 is 0 Å². The van der Waals surface area contributed by atoms with Crippen molar-refractivity contribution in [1.82, 2.24) is 15.1 Å². The van der Waals surface area contributed by atoms with Crippen LogP contribution in [0.2, 0.25) is 10.0 Å². The van der Waals surface area contributed by atoms with Crippen LogP contribution in [0.5, 0.6) is 0 Å². The maximum absolute atomic E-state index is 13.5. The summed E-state index contributed by atoms with van der Waals surface area (Å²) in [6, 6.07) is 11.4. The zero-order chi connectivity index (χ0) is 21.3. The number of aromatic nitrogens is 2. The largest absolute Gasteiger partial charge is 0.419 e. The number of carbonyl (C=O) groups is 1. The van der Waals surface area contributed by atoms with Crippen LogP contribution in [0.4, 0.5) is 4.39 Å². The van der Waals surface area contributed by atoms with Crippen LogP contribution in [-0.4, -0.2) is 27.5 Å². The number of hydrogen-bond donors (Lipinski definition) is 0. The molecule has 0 aliphatic heterocycles. The fourth-order valence-corrected chi connectivity index (χ4v) is 4.79. The molecule has 0 aliphatic carbocycles. The molecule has 30 heavy (non-hydrogen) atoms. The molecular formula is C21H16Cl2FN3O2S. The Kier molecular flexibility index (Phi) is 6.04. The molecule has 2 aromatic carbocycles. The molecule has 0 spiro atoms. The predicted molar refractivity (Wildman–Crippen MR) is 117 cm³/mol. The lowest BCUT2D eigenvalue weighted by atomic mass is 10.2. The molecule has 0 fully saturated rings. The van der Waals surface area contributed by atoms with E-state index in [1.807, 2.05) is 19.1 Å². The minimum atomic E-state index is -0.372. The summed E-state index contributed by atoms with van der Waals surface area (Å²) in [5.74, 6) is -0.0615. The Morgan fingerprint density at radius 3 is 2.77 bits per heavy atom. The summed E-state index contributed by atoms with van der Waals surface area (Å²) in [7, 11) is 0. The molecule has 0 saturated heterocycles. The highest BCUT2D eigenvalue weighted by molar-refractivity contribution is 7.21. The fraction of sp³-hybridized carbons (Fsp3) is 0.190. The van der Waals surface area contributed by atoms with Crippen LogP contribution in [0.25, 0.3) is 21.5 Å². The average Bonchev–Trinajstić information content (AvgIpc) is 3.32. The van der Waals surface area contributed by atoms with Crippen molar-refractivity contribution in [3.8, 4) is 11.5 Å². The van der Waals surface area contributed by atoms with E-state index in [1.165, 1.54) is 23.5 Å². The maximum Gasteiger partial charge on any atom is 0.265 e. The highest BCUT2D eigenvalue weighted by Gasteiger charge is 2.24. The van der Waals surface area contributed by atoms with Gasteiger partial charge >= 0.3 is 0 Å². The smallest absolute Gasteiger partial charge is 0.265 e. The van der Waals surface area contributed by atoms with Crippen molar-refractivity contribution in [3.05, 3.63) is 69.1 Å². The first-order valence-electron chi connectivity index (χ1n) is 9.22. The van der Waals surface area contributed by atoms with E-state index in [-0.39, 0.29) is 30.1 Å². The second kappa shape index (κ2) is 8.71. The van der Waals surface area contributed by atoms with E-state index in [0.29, 0.717) is 37.1 Å². The Labute approximate surface area is 186 Å². The molecule has 0 aliphatic rings. The van der Waals surface area contributed by atoms with E-state index in [9.17, 15) is 9.18 Å². The molecule has 0 saturated carbocycles. The van der Waals surface area contributed by atoms with Gasteiger partial charge in [0.1, 0.15) is 10.7 Å². The summed E-state index contributed by atoms with van der Waals surface area (Å²) in [6.45, 7) is 2.57. The number of benzene rings is 2. The second-order valence-electron chi connectivity index (χ2n) is 6.59. The number of rotatable bonds is 6. The van der Waals surface area contributed by atoms with E-state index < -0.39 is 0 Å². The highest BCUT2D eigenvalue weighted by atomic mass is 35.5. The minimum absolute atomic E-state index is 0.128. The SMILES string of the molecule is CCCN(Cc1nnc(-c2ccccc2Cl)o1)C(=O)c1sc2cc(F)ccc2c1Cl. The lowest BCUT2D eigenvalue weighted by Gasteiger charge is -2.19. The number of thiophene rings is 1. The number of nitrogens with zero attached hydrogens (tertiary/aromatic N) is 3. The first-order valence-corrected chi connectivity index (χ1v) is 10.8. The minimum Gasteiger partial charge on any atom is -0.419 e. The molecular weight excluding hydrogens is 448 g/mol. The van der Waals surface area contributed by atoms with E-state index in [0.717, 1.165) is 6.42 Å². The monoisotopic (exact) mass is 463 g/mol. The lowest BCUT2D eigenvalue weighted by molar-refractivity contribution is 0.0734. The number of hydrogen-bond acceptors (Lipinski definition) is 5. The molecule has 0 unspecified atom stereocenters. The predicted octanol–water partition coefficient (Wildman–Crippen LogP) is 6.45. The van der Waals surface area contributed by atoms with Gasteiger partial charge in [-0.1, -0.05) is 42.3 Å². The summed E-state index contributed by atoms with van der Waals surface area (Å²) in [6.07, 6.45) is 0.731. The molecule has 9 heteroatoms. The van der Waals surface area contributed by atoms with Crippen LogP contribution in [0.3, 0.4) is 0 Å². The molecule has 1 amide bonds. The fourth-order valence-electron chi connectivity index (χ4n) is 3.07. The standard InChI is InChI=1S/C21H16Cl2FN3O2S/c1-2-9-27(11-17-25-26-20(29-17)13-5-3-4-6-15(13)22)21(28)19-18(23)14-8-7-12(24)10-16(14)30-19/h3-8,10H,2,9,11H2,1H3. The summed E-state index contributed by atoms with van der Waals surface area (Å²) < 4.78 is 19.9. The van der Waals surface area contributed by atoms with Crippen molar-refractivity contribution in [1.29, 1.82) is 0 Å². The number of fused-ring (bicyclic) bond motifs is 1. The zero-order valence-electron chi connectivity index (χ0n) is 15.9. The molecule has 0 radical (unpaired) electrons. The number of carbonyl (C=O) groups excluding carboxylic acids is 1. The number of amides is 1. The van der Waals surface area contributed by atoms with Gasteiger partial charge in [-0.15, -0.1) is 21.5 Å². The van der Waals surface area contributed by atoms with Gasteiger partial charge in [0.05, 0.1) is 22.2 Å². The Balaban J connectivity index is 1.61. The molecule has 2 aromatic heterocycles. The van der Waals surface area contributed by atoms with Crippen molar-refractivity contribution in [2.24, 2.45) is 0 Å². The summed E-state index contributed by atoms with van der Waals surface area (Å²) >= 11 is 13.8. The van der Waals surface area contributed by atoms with Crippen LogP contribution in [0, 0.1) is 5.82 Å². The Morgan fingerprint density at radius 2 is 2.00 bits per heavy atom. The molecule has 2 heterocycles. The normalized spacial score (nSPS) is 11.2. The van der Waals surface area contributed by atoms with Crippen LogP contribution >= 0.6 is 34.5 Å². The highest BCUT2D eigenvalue weighted by Crippen LogP contribution is 2.36. The van der Waals surface area contributed by atoms with Crippen molar-refractivity contribution >= 4 is 50.5 Å². The van der Waals surface area contributed by atoms with Crippen LogP contribution in [-0.2, 0) is 6.54 Å². The van der Waals surface area contributed by atoms with Crippen molar-refractivity contribution in [2.45, 2.75) is 19.9 Å². The van der Waals surface area contributed by atoms with Crippen molar-refractivity contribution in [2.75, 3.05) is 6.54 Å². The summed E-state index contributed by atoms with van der Waals surface area (Å²) in [5.41, 5.74) is 0.626. The summed E-state index contributed by atoms with van der Waals surface area (Å²) in [4.78, 5) is 15.1. The van der Waals surface area contributed by atoms with Gasteiger partial charge in [0, 0.05) is 16.6 Å². The van der Waals surface area contributed by atoms with E-state index in [1.54, 1.807) is 23.1 Å². The molecule has 4 aromatic rings. The molecule has 0 atom stereocenters. The molecule has 154 valence electrons. The third-order valence-corrected chi connectivity index (χ3v) is 6.44. The van der Waals surface area contributed by atoms with Crippen LogP contribution in [0.15, 0.2) is 46.9 Å².